The predicted octanol–water partition coefficient (Wildman–Crippen LogP) is 3.88. The van der Waals surface area contributed by atoms with Crippen LogP contribution in [0.25, 0.3) is 0 Å². The van der Waals surface area contributed by atoms with Crippen LogP contribution in [0.4, 0.5) is 5.69 Å². The van der Waals surface area contributed by atoms with Crippen molar-refractivity contribution < 1.29 is 9.90 Å². The minimum Gasteiger partial charge on any atom is -0.507 e. The van der Waals surface area contributed by atoms with Gasteiger partial charge in [0.2, 0.25) is 0 Å². The van der Waals surface area contributed by atoms with Crippen LogP contribution in [0.2, 0.25) is 0 Å². The first-order valence-electron chi connectivity index (χ1n) is 8.79. The molecule has 1 heterocycles. The molecule has 2 aromatic rings. The number of hydrogen-bond acceptors (Lipinski definition) is 4. The SMILES string of the molecule is CC1CC(C)(C)N(C)c2ccc(/C=N\NC(=O)c3ccccc3O)cc21. The Bertz CT molecular complexity index is 858. The lowest BCUT2D eigenvalue weighted by Crippen LogP contribution is -2.45. The monoisotopic (exact) mass is 351 g/mol. The molecule has 5 nitrogen and oxygen atoms in total. The normalized spacial score (nSPS) is 18.6. The lowest BCUT2D eigenvalue weighted by molar-refractivity contribution is 0.0952. The number of aromatic hydroxyl groups is 1. The summed E-state index contributed by atoms with van der Waals surface area (Å²) < 4.78 is 0. The van der Waals surface area contributed by atoms with E-state index in [1.54, 1.807) is 24.4 Å². The van der Waals surface area contributed by atoms with Crippen LogP contribution < -0.4 is 10.3 Å². The molecule has 5 heteroatoms. The van der Waals surface area contributed by atoms with Gasteiger partial charge in [-0.05, 0) is 61.6 Å². The molecule has 3 rings (SSSR count). The van der Waals surface area contributed by atoms with Gasteiger partial charge in [0.25, 0.3) is 5.91 Å². The van der Waals surface area contributed by atoms with Crippen molar-refractivity contribution in [3.8, 4) is 5.75 Å². The van der Waals surface area contributed by atoms with Crippen LogP contribution in [-0.2, 0) is 0 Å². The number of hydrogen-bond donors (Lipinski definition) is 2. The van der Waals surface area contributed by atoms with E-state index in [-0.39, 0.29) is 16.9 Å². The van der Waals surface area contributed by atoms with Crippen LogP contribution in [0.15, 0.2) is 47.6 Å². The molecule has 136 valence electrons. The lowest BCUT2D eigenvalue weighted by atomic mass is 9.80. The quantitative estimate of drug-likeness (QED) is 0.651. The van der Waals surface area contributed by atoms with E-state index in [4.69, 9.17) is 0 Å². The third kappa shape index (κ3) is 3.43. The highest BCUT2D eigenvalue weighted by molar-refractivity contribution is 5.97. The summed E-state index contributed by atoms with van der Waals surface area (Å²) in [6.45, 7) is 6.77. The zero-order valence-electron chi connectivity index (χ0n) is 15.7. The molecule has 2 N–H and O–H groups in total. The van der Waals surface area contributed by atoms with Gasteiger partial charge >= 0.3 is 0 Å². The third-order valence-electron chi connectivity index (χ3n) is 5.19. The van der Waals surface area contributed by atoms with Gasteiger partial charge in [-0.2, -0.15) is 5.10 Å². The first kappa shape index (κ1) is 18.0. The maximum Gasteiger partial charge on any atom is 0.275 e. The van der Waals surface area contributed by atoms with Crippen molar-refractivity contribution in [2.24, 2.45) is 5.10 Å². The van der Waals surface area contributed by atoms with Crippen molar-refractivity contribution in [1.29, 1.82) is 0 Å². The number of nitrogens with one attached hydrogen (secondary N) is 1. The standard InChI is InChI=1S/C21H25N3O2/c1-14-12-21(2,3)24(4)18-10-9-15(11-17(14)18)13-22-23-20(26)16-7-5-6-8-19(16)25/h5-11,13-14,25H,12H2,1-4H3,(H,23,26)/b22-13-. The fourth-order valence-corrected chi connectivity index (χ4v) is 3.57. The van der Waals surface area contributed by atoms with Gasteiger partial charge < -0.3 is 10.0 Å². The number of hydrazone groups is 1. The second kappa shape index (κ2) is 6.83. The van der Waals surface area contributed by atoms with Gasteiger partial charge in [0.15, 0.2) is 0 Å². The van der Waals surface area contributed by atoms with Crippen LogP contribution in [-0.4, -0.2) is 29.8 Å². The molecular formula is C21H25N3O2. The molecule has 1 aliphatic heterocycles. The van der Waals surface area contributed by atoms with Crippen molar-refractivity contribution in [3.63, 3.8) is 0 Å². The predicted molar refractivity (Wildman–Crippen MR) is 105 cm³/mol. The first-order chi connectivity index (χ1) is 12.3. The largest absolute Gasteiger partial charge is 0.507 e. The Morgan fingerprint density at radius 1 is 1.31 bits per heavy atom. The average molecular weight is 351 g/mol. The van der Waals surface area contributed by atoms with Crippen LogP contribution in [0, 0.1) is 0 Å². The van der Waals surface area contributed by atoms with Crippen LogP contribution in [0.1, 0.15) is 54.6 Å². The number of phenolic OH excluding ortho intramolecular Hbond substituents is 1. The molecule has 1 amide bonds. The Morgan fingerprint density at radius 2 is 2.04 bits per heavy atom. The van der Waals surface area contributed by atoms with Crippen molar-refractivity contribution in [1.82, 2.24) is 5.43 Å². The Labute approximate surface area is 154 Å². The van der Waals surface area contributed by atoms with Crippen LogP contribution in [0.5, 0.6) is 5.75 Å². The Morgan fingerprint density at radius 3 is 2.77 bits per heavy atom. The van der Waals surface area contributed by atoms with Gasteiger partial charge in [-0.15, -0.1) is 0 Å². The van der Waals surface area contributed by atoms with Gasteiger partial charge in [0.1, 0.15) is 5.75 Å². The summed E-state index contributed by atoms with van der Waals surface area (Å²) in [5, 5.41) is 13.7. The summed E-state index contributed by atoms with van der Waals surface area (Å²) in [4.78, 5) is 14.4. The maximum atomic E-state index is 12.1. The molecule has 0 fully saturated rings. The molecule has 0 spiro atoms. The number of phenols is 1. The number of carbonyl (C=O) groups excluding carboxylic acids is 1. The molecule has 2 aromatic carbocycles. The van der Waals surface area contributed by atoms with E-state index in [2.05, 4.69) is 55.4 Å². The van der Waals surface area contributed by atoms with Crippen molar-refractivity contribution in [2.75, 3.05) is 11.9 Å². The summed E-state index contributed by atoms with van der Waals surface area (Å²) in [6.07, 6.45) is 2.71. The van der Waals surface area contributed by atoms with Crippen LogP contribution >= 0.6 is 0 Å². The van der Waals surface area contributed by atoms with Crippen LogP contribution in [0.3, 0.4) is 0 Å². The molecule has 1 unspecified atom stereocenters. The third-order valence-corrected chi connectivity index (χ3v) is 5.19. The second-order valence-electron chi connectivity index (χ2n) is 7.51. The summed E-state index contributed by atoms with van der Waals surface area (Å²) in [6, 6.07) is 12.6. The van der Waals surface area contributed by atoms with E-state index in [0.717, 1.165) is 12.0 Å². The Kier molecular flexibility index (Phi) is 4.72. The number of carbonyl (C=O) groups is 1. The van der Waals surface area contributed by atoms with E-state index in [1.807, 2.05) is 6.07 Å². The van der Waals surface area contributed by atoms with E-state index >= 15 is 0 Å². The zero-order chi connectivity index (χ0) is 18.9. The van der Waals surface area contributed by atoms with Gasteiger partial charge in [-0.1, -0.05) is 25.1 Å². The molecule has 0 radical (unpaired) electrons. The van der Waals surface area contributed by atoms with E-state index in [1.165, 1.54) is 17.3 Å². The van der Waals surface area contributed by atoms with E-state index in [0.29, 0.717) is 5.92 Å². The molecule has 0 saturated heterocycles. The molecule has 1 aliphatic rings. The van der Waals surface area contributed by atoms with Gasteiger partial charge in [0, 0.05) is 18.3 Å². The molecular weight excluding hydrogens is 326 g/mol. The molecule has 1 atom stereocenters. The first-order valence-corrected chi connectivity index (χ1v) is 8.79. The average Bonchev–Trinajstić information content (AvgIpc) is 2.60. The fourth-order valence-electron chi connectivity index (χ4n) is 3.57. The highest BCUT2D eigenvalue weighted by Crippen LogP contribution is 2.42. The maximum absolute atomic E-state index is 12.1. The van der Waals surface area contributed by atoms with Crippen molar-refractivity contribution >= 4 is 17.8 Å². The number of benzene rings is 2. The van der Waals surface area contributed by atoms with Crippen molar-refractivity contribution in [3.05, 3.63) is 59.2 Å². The lowest BCUT2D eigenvalue weighted by Gasteiger charge is -2.45. The van der Waals surface area contributed by atoms with Gasteiger partial charge in [0.05, 0.1) is 11.8 Å². The highest BCUT2D eigenvalue weighted by Gasteiger charge is 2.33. The topological polar surface area (TPSA) is 64.9 Å². The minimum atomic E-state index is -0.438. The van der Waals surface area contributed by atoms with E-state index in [9.17, 15) is 9.90 Å². The molecule has 0 aromatic heterocycles. The summed E-state index contributed by atoms with van der Waals surface area (Å²) >= 11 is 0. The fraction of sp³-hybridized carbons (Fsp3) is 0.333. The Balaban J connectivity index is 1.76. The summed E-state index contributed by atoms with van der Waals surface area (Å²) in [5.41, 5.74) is 6.26. The minimum absolute atomic E-state index is 0.0616. The molecule has 0 aliphatic carbocycles. The summed E-state index contributed by atoms with van der Waals surface area (Å²) in [5.74, 6) is -0.0407. The van der Waals surface area contributed by atoms with Crippen molar-refractivity contribution in [2.45, 2.75) is 38.6 Å². The summed E-state index contributed by atoms with van der Waals surface area (Å²) in [7, 11) is 2.13. The van der Waals surface area contributed by atoms with E-state index < -0.39 is 5.91 Å². The van der Waals surface area contributed by atoms with Gasteiger partial charge in [-0.25, -0.2) is 5.43 Å². The highest BCUT2D eigenvalue weighted by atomic mass is 16.3. The zero-order valence-corrected chi connectivity index (χ0v) is 15.7. The smallest absolute Gasteiger partial charge is 0.275 e. The van der Waals surface area contributed by atoms with Gasteiger partial charge in [-0.3, -0.25) is 4.79 Å². The molecule has 0 saturated carbocycles. The molecule has 0 bridgehead atoms. The number of rotatable bonds is 3. The Hall–Kier alpha value is -2.82. The number of amides is 1. The second-order valence-corrected chi connectivity index (χ2v) is 7.51. The number of para-hydroxylation sites is 1. The molecule has 26 heavy (non-hydrogen) atoms. The number of anilines is 1. The number of fused-ring (bicyclic) bond motifs is 1. The number of nitrogens with zero attached hydrogens (tertiary/aromatic N) is 2.